The summed E-state index contributed by atoms with van der Waals surface area (Å²) in [6.07, 6.45) is 2.97. The maximum atomic E-state index is 14.1. The van der Waals surface area contributed by atoms with E-state index < -0.39 is 11.8 Å². The predicted octanol–water partition coefficient (Wildman–Crippen LogP) is 7.24. The molecule has 2 aromatic carbocycles. The van der Waals surface area contributed by atoms with Gasteiger partial charge in [0.2, 0.25) is 0 Å². The van der Waals surface area contributed by atoms with E-state index in [-0.39, 0.29) is 41.3 Å². The highest BCUT2D eigenvalue weighted by molar-refractivity contribution is 9.10. The van der Waals surface area contributed by atoms with Gasteiger partial charge in [-0.25, -0.2) is 0 Å². The third-order valence-corrected chi connectivity index (χ3v) is 9.58. The van der Waals surface area contributed by atoms with Gasteiger partial charge in [0, 0.05) is 57.2 Å². The fraction of sp³-hybridized carbons (Fsp3) is 0.417. The SMILES string of the molecule is CCC1=NN(C(=O)COc2ccc(C3C4=C(CC(C)(C)CC4=O)N(c4ccc(Br)cc4)C4=C3C(=O)CC(C)(C)C4)cc2)C(=O)C1. The van der Waals surface area contributed by atoms with Crippen LogP contribution in [0.3, 0.4) is 0 Å². The van der Waals surface area contributed by atoms with Crippen LogP contribution in [0.4, 0.5) is 5.69 Å². The first kappa shape index (κ1) is 31.1. The molecular weight excluding hydrogens is 634 g/mol. The van der Waals surface area contributed by atoms with E-state index in [1.807, 2.05) is 43.3 Å². The highest BCUT2D eigenvalue weighted by Gasteiger charge is 2.49. The Kier molecular flexibility index (Phi) is 7.96. The van der Waals surface area contributed by atoms with Gasteiger partial charge in [-0.15, -0.1) is 0 Å². The van der Waals surface area contributed by atoms with Crippen molar-refractivity contribution in [3.8, 4) is 5.75 Å². The largest absolute Gasteiger partial charge is 0.484 e. The molecule has 0 spiro atoms. The van der Waals surface area contributed by atoms with Crippen molar-refractivity contribution in [2.24, 2.45) is 15.9 Å². The Morgan fingerprint density at radius 3 is 1.93 bits per heavy atom. The molecule has 2 aliphatic carbocycles. The molecule has 4 aliphatic rings. The number of nitrogens with zero attached hydrogens (tertiary/aromatic N) is 3. The number of hydrogen-bond acceptors (Lipinski definition) is 7. The van der Waals surface area contributed by atoms with Crippen LogP contribution in [0, 0.1) is 10.8 Å². The van der Waals surface area contributed by atoms with Crippen LogP contribution in [0.25, 0.3) is 0 Å². The number of amides is 2. The van der Waals surface area contributed by atoms with Gasteiger partial charge in [-0.3, -0.25) is 19.2 Å². The average molecular weight is 673 g/mol. The highest BCUT2D eigenvalue weighted by Crippen LogP contribution is 2.55. The zero-order valence-electron chi connectivity index (χ0n) is 26.4. The van der Waals surface area contributed by atoms with E-state index in [0.717, 1.165) is 32.1 Å². The fourth-order valence-corrected chi connectivity index (χ4v) is 7.30. The number of allylic oxidation sites excluding steroid dienone is 4. The van der Waals surface area contributed by atoms with Gasteiger partial charge in [-0.1, -0.05) is 62.7 Å². The summed E-state index contributed by atoms with van der Waals surface area (Å²) in [6, 6.07) is 15.3. The number of halogens is 1. The number of hydrogen-bond donors (Lipinski definition) is 0. The molecule has 2 aliphatic heterocycles. The normalized spacial score (nSPS) is 21.2. The second kappa shape index (κ2) is 11.5. The minimum absolute atomic E-state index is 0.0609. The van der Waals surface area contributed by atoms with Crippen molar-refractivity contribution in [3.63, 3.8) is 0 Å². The Hall–Kier alpha value is -3.85. The molecule has 0 N–H and O–H groups in total. The van der Waals surface area contributed by atoms with Crippen LogP contribution in [0.2, 0.25) is 0 Å². The molecule has 0 saturated heterocycles. The van der Waals surface area contributed by atoms with Crippen molar-refractivity contribution >= 4 is 50.7 Å². The van der Waals surface area contributed by atoms with Gasteiger partial charge in [0.15, 0.2) is 18.2 Å². The van der Waals surface area contributed by atoms with E-state index in [4.69, 9.17) is 4.74 Å². The second-order valence-corrected chi connectivity index (χ2v) is 14.9. The monoisotopic (exact) mass is 671 g/mol. The lowest BCUT2D eigenvalue weighted by molar-refractivity contribution is -0.144. The maximum absolute atomic E-state index is 14.1. The van der Waals surface area contributed by atoms with Crippen LogP contribution in [0.1, 0.15) is 84.6 Å². The first-order chi connectivity index (χ1) is 21.3. The van der Waals surface area contributed by atoms with Gasteiger partial charge in [-0.05, 0) is 72.1 Å². The predicted molar refractivity (Wildman–Crippen MR) is 176 cm³/mol. The molecule has 6 rings (SSSR count). The Morgan fingerprint density at radius 1 is 0.867 bits per heavy atom. The summed E-state index contributed by atoms with van der Waals surface area (Å²) >= 11 is 3.55. The fourth-order valence-electron chi connectivity index (χ4n) is 7.04. The molecular formula is C36H38BrN3O5. The summed E-state index contributed by atoms with van der Waals surface area (Å²) in [5.74, 6) is -0.797. The molecule has 45 heavy (non-hydrogen) atoms. The Morgan fingerprint density at radius 2 is 1.42 bits per heavy atom. The molecule has 0 saturated carbocycles. The first-order valence-electron chi connectivity index (χ1n) is 15.5. The third-order valence-electron chi connectivity index (χ3n) is 9.05. The average Bonchev–Trinajstić information content (AvgIpc) is 3.35. The number of benzene rings is 2. The number of anilines is 1. The van der Waals surface area contributed by atoms with Crippen LogP contribution in [0.15, 0.2) is 80.6 Å². The third kappa shape index (κ3) is 5.94. The lowest BCUT2D eigenvalue weighted by atomic mass is 9.63. The molecule has 0 fully saturated rings. The van der Waals surface area contributed by atoms with Crippen molar-refractivity contribution < 1.29 is 23.9 Å². The van der Waals surface area contributed by atoms with Crippen LogP contribution >= 0.6 is 15.9 Å². The van der Waals surface area contributed by atoms with Crippen molar-refractivity contribution in [2.45, 2.75) is 79.1 Å². The van der Waals surface area contributed by atoms with E-state index in [2.05, 4.69) is 53.6 Å². The number of hydrazone groups is 1. The van der Waals surface area contributed by atoms with Crippen molar-refractivity contribution in [3.05, 3.63) is 81.1 Å². The van der Waals surface area contributed by atoms with Gasteiger partial charge in [0.05, 0.1) is 6.42 Å². The minimum atomic E-state index is -0.525. The summed E-state index contributed by atoms with van der Waals surface area (Å²) in [6.45, 7) is 10.1. The Bertz CT molecular complexity index is 1640. The number of imide groups is 1. The number of Topliss-reactive ketones (excluding diaryl/α,β-unsaturated/α-hetero) is 2. The maximum Gasteiger partial charge on any atom is 0.287 e. The topological polar surface area (TPSA) is 96.3 Å². The van der Waals surface area contributed by atoms with Crippen molar-refractivity contribution in [1.29, 1.82) is 0 Å². The molecule has 2 aromatic rings. The van der Waals surface area contributed by atoms with Gasteiger partial charge in [0.25, 0.3) is 11.8 Å². The van der Waals surface area contributed by atoms with Gasteiger partial charge < -0.3 is 9.64 Å². The molecule has 234 valence electrons. The highest BCUT2D eigenvalue weighted by atomic mass is 79.9. The summed E-state index contributed by atoms with van der Waals surface area (Å²) in [4.78, 5) is 55.2. The van der Waals surface area contributed by atoms with Crippen molar-refractivity contribution in [2.75, 3.05) is 11.5 Å². The number of carbonyl (C=O) groups excluding carboxylic acids is 4. The molecule has 0 aromatic heterocycles. The zero-order valence-corrected chi connectivity index (χ0v) is 28.0. The van der Waals surface area contributed by atoms with Crippen LogP contribution < -0.4 is 9.64 Å². The summed E-state index contributed by atoms with van der Waals surface area (Å²) < 4.78 is 6.71. The van der Waals surface area contributed by atoms with Crippen molar-refractivity contribution in [1.82, 2.24) is 5.01 Å². The summed E-state index contributed by atoms with van der Waals surface area (Å²) in [5.41, 5.74) is 5.27. The second-order valence-electron chi connectivity index (χ2n) is 14.0. The minimum Gasteiger partial charge on any atom is -0.484 e. The van der Waals surface area contributed by atoms with Crippen LogP contribution in [0.5, 0.6) is 5.75 Å². The number of carbonyl (C=O) groups is 4. The van der Waals surface area contributed by atoms with Crippen LogP contribution in [-0.2, 0) is 19.2 Å². The van der Waals surface area contributed by atoms with E-state index in [0.29, 0.717) is 54.7 Å². The molecule has 9 heteroatoms. The quantitative estimate of drug-likeness (QED) is 0.321. The van der Waals surface area contributed by atoms with Crippen LogP contribution in [-0.4, -0.2) is 40.7 Å². The van der Waals surface area contributed by atoms with Gasteiger partial charge in [-0.2, -0.15) is 10.1 Å². The Labute approximate surface area is 272 Å². The smallest absolute Gasteiger partial charge is 0.287 e. The van der Waals surface area contributed by atoms with E-state index in [1.165, 1.54) is 0 Å². The molecule has 2 heterocycles. The number of rotatable bonds is 6. The zero-order chi connectivity index (χ0) is 32.3. The van der Waals surface area contributed by atoms with E-state index >= 15 is 0 Å². The molecule has 8 nitrogen and oxygen atoms in total. The molecule has 2 amide bonds. The standard InChI is InChI=1S/C36H38BrN3O5/c1-6-23-15-30(43)40(38-23)31(44)20-45-25-13-7-21(8-14-25)32-33-26(16-35(2,3)18-28(33)41)39(24-11-9-22(37)10-12-24)27-17-36(4,5)19-29(42)34(27)32/h7-14,32H,6,15-20H2,1-5H3. The van der Waals surface area contributed by atoms with Gasteiger partial charge in [0.1, 0.15) is 5.75 Å². The summed E-state index contributed by atoms with van der Waals surface area (Å²) in [7, 11) is 0. The van der Waals surface area contributed by atoms with E-state index in [9.17, 15) is 19.2 Å². The lowest BCUT2D eigenvalue weighted by Crippen LogP contribution is -2.44. The lowest BCUT2D eigenvalue weighted by Gasteiger charge is -2.49. The molecule has 0 atom stereocenters. The molecule has 0 unspecified atom stereocenters. The number of ketones is 2. The molecule has 0 bridgehead atoms. The first-order valence-corrected chi connectivity index (χ1v) is 16.3. The molecule has 0 radical (unpaired) electrons. The van der Waals surface area contributed by atoms with E-state index in [1.54, 1.807) is 12.1 Å². The number of ether oxygens (including phenoxy) is 1. The van der Waals surface area contributed by atoms with Gasteiger partial charge >= 0.3 is 0 Å². The Balaban J connectivity index is 1.39. The summed E-state index contributed by atoms with van der Waals surface area (Å²) in [5, 5.41) is 5.00.